The van der Waals surface area contributed by atoms with Gasteiger partial charge in [0.1, 0.15) is 0 Å². The second-order valence-electron chi connectivity index (χ2n) is 2.61. The summed E-state index contributed by atoms with van der Waals surface area (Å²) in [6, 6.07) is 0. The van der Waals surface area contributed by atoms with Crippen molar-refractivity contribution in [1.82, 2.24) is 10.2 Å². The van der Waals surface area contributed by atoms with Crippen LogP contribution in [0.5, 0.6) is 0 Å². The lowest BCUT2D eigenvalue weighted by atomic mass is 10.4. The van der Waals surface area contributed by atoms with E-state index >= 15 is 0 Å². The van der Waals surface area contributed by atoms with Gasteiger partial charge < -0.3 is 15.2 Å². The summed E-state index contributed by atoms with van der Waals surface area (Å²) < 4.78 is 5.19. The third-order valence-electron chi connectivity index (χ3n) is 1.73. The van der Waals surface area contributed by atoms with Crippen LogP contribution in [-0.4, -0.2) is 56.1 Å². The fraction of sp³-hybridized carbons (Fsp3) is 1.00. The number of aliphatic hydroxyl groups is 1. The Labute approximate surface area is 67.1 Å². The first kappa shape index (κ1) is 8.93. The number of morpholine rings is 1. The van der Waals surface area contributed by atoms with Crippen LogP contribution >= 0.6 is 0 Å². The van der Waals surface area contributed by atoms with Crippen LogP contribution in [-0.2, 0) is 4.74 Å². The molecule has 0 unspecified atom stereocenters. The summed E-state index contributed by atoms with van der Waals surface area (Å²) in [4.78, 5) is 2.28. The van der Waals surface area contributed by atoms with Gasteiger partial charge in [-0.25, -0.2) is 0 Å². The minimum atomic E-state index is 0.213. The van der Waals surface area contributed by atoms with Crippen LogP contribution in [0, 0.1) is 0 Å². The molecule has 66 valence electrons. The molecule has 1 rings (SSSR count). The quantitative estimate of drug-likeness (QED) is 0.510. The molecule has 1 saturated heterocycles. The van der Waals surface area contributed by atoms with Crippen molar-refractivity contribution >= 4 is 0 Å². The van der Waals surface area contributed by atoms with Crippen molar-refractivity contribution in [3.05, 3.63) is 0 Å². The Bertz CT molecular complexity index is 94.4. The van der Waals surface area contributed by atoms with Gasteiger partial charge in [0, 0.05) is 26.3 Å². The zero-order valence-corrected chi connectivity index (χ0v) is 6.75. The number of rotatable bonds is 4. The molecule has 11 heavy (non-hydrogen) atoms. The van der Waals surface area contributed by atoms with E-state index < -0.39 is 0 Å². The van der Waals surface area contributed by atoms with Crippen LogP contribution in [0.25, 0.3) is 0 Å². The highest BCUT2D eigenvalue weighted by atomic mass is 16.5. The highest BCUT2D eigenvalue weighted by molar-refractivity contribution is 4.59. The summed E-state index contributed by atoms with van der Waals surface area (Å²) in [6.45, 7) is 5.42. The van der Waals surface area contributed by atoms with E-state index in [9.17, 15) is 0 Å². The largest absolute Gasteiger partial charge is 0.395 e. The molecule has 0 saturated carbocycles. The van der Waals surface area contributed by atoms with Crippen LogP contribution < -0.4 is 5.32 Å². The van der Waals surface area contributed by atoms with Crippen LogP contribution in [0.4, 0.5) is 0 Å². The molecule has 0 aromatic rings. The molecule has 0 radical (unpaired) electrons. The molecule has 4 heteroatoms. The van der Waals surface area contributed by atoms with E-state index in [4.69, 9.17) is 9.84 Å². The van der Waals surface area contributed by atoms with Crippen LogP contribution in [0.2, 0.25) is 0 Å². The smallest absolute Gasteiger partial charge is 0.0594 e. The molecule has 0 aliphatic carbocycles. The minimum absolute atomic E-state index is 0.213. The van der Waals surface area contributed by atoms with E-state index in [-0.39, 0.29) is 6.61 Å². The molecule has 0 aromatic heterocycles. The van der Waals surface area contributed by atoms with Gasteiger partial charge in [-0.15, -0.1) is 0 Å². The Morgan fingerprint density at radius 3 is 2.73 bits per heavy atom. The molecule has 1 fully saturated rings. The molecule has 0 bridgehead atoms. The van der Waals surface area contributed by atoms with E-state index in [2.05, 4.69) is 10.2 Å². The number of hydrogen-bond acceptors (Lipinski definition) is 4. The molecule has 0 atom stereocenters. The summed E-state index contributed by atoms with van der Waals surface area (Å²) in [6.07, 6.45) is 0. The van der Waals surface area contributed by atoms with Crippen molar-refractivity contribution in [3.8, 4) is 0 Å². The molecule has 4 nitrogen and oxygen atoms in total. The van der Waals surface area contributed by atoms with Crippen molar-refractivity contribution in [2.75, 3.05) is 46.1 Å². The summed E-state index contributed by atoms with van der Waals surface area (Å²) in [5.41, 5.74) is 0. The normalized spacial score (nSPS) is 20.5. The molecule has 0 aromatic carbocycles. The maximum Gasteiger partial charge on any atom is 0.0594 e. The maximum absolute atomic E-state index is 8.49. The number of ether oxygens (including phenoxy) is 1. The van der Waals surface area contributed by atoms with Crippen molar-refractivity contribution < 1.29 is 9.84 Å². The van der Waals surface area contributed by atoms with Gasteiger partial charge in [-0.3, -0.25) is 4.90 Å². The number of nitrogens with zero attached hydrogens (tertiary/aromatic N) is 1. The van der Waals surface area contributed by atoms with E-state index in [1.54, 1.807) is 0 Å². The standard InChI is InChI=1S/C7H16N2O2/c10-4-1-8-7-9-2-5-11-6-3-9/h8,10H,1-7H2. The third-order valence-corrected chi connectivity index (χ3v) is 1.73. The molecular formula is C7H16N2O2. The van der Waals surface area contributed by atoms with E-state index in [1.807, 2.05) is 0 Å². The zero-order valence-electron chi connectivity index (χ0n) is 6.75. The topological polar surface area (TPSA) is 44.7 Å². The lowest BCUT2D eigenvalue weighted by molar-refractivity contribution is 0.0337. The van der Waals surface area contributed by atoms with Gasteiger partial charge in [-0.2, -0.15) is 0 Å². The molecule has 1 aliphatic heterocycles. The molecule has 1 aliphatic rings. The predicted octanol–water partition coefficient (Wildman–Crippen LogP) is -1.14. The van der Waals surface area contributed by atoms with Gasteiger partial charge >= 0.3 is 0 Å². The van der Waals surface area contributed by atoms with Crippen molar-refractivity contribution in [2.45, 2.75) is 0 Å². The average Bonchev–Trinajstić information content (AvgIpc) is 2.07. The Morgan fingerprint density at radius 1 is 1.36 bits per heavy atom. The van der Waals surface area contributed by atoms with E-state index in [0.717, 1.165) is 33.0 Å². The monoisotopic (exact) mass is 160 g/mol. The van der Waals surface area contributed by atoms with Gasteiger partial charge in [0.2, 0.25) is 0 Å². The van der Waals surface area contributed by atoms with Gasteiger partial charge in [-0.05, 0) is 0 Å². The van der Waals surface area contributed by atoms with Gasteiger partial charge in [0.15, 0.2) is 0 Å². The van der Waals surface area contributed by atoms with Crippen molar-refractivity contribution in [1.29, 1.82) is 0 Å². The van der Waals surface area contributed by atoms with Gasteiger partial charge in [0.25, 0.3) is 0 Å². The summed E-state index contributed by atoms with van der Waals surface area (Å²) in [5.74, 6) is 0. The van der Waals surface area contributed by atoms with Crippen molar-refractivity contribution in [3.63, 3.8) is 0 Å². The summed E-state index contributed by atoms with van der Waals surface area (Å²) >= 11 is 0. The number of aliphatic hydroxyl groups excluding tert-OH is 1. The molecule has 1 heterocycles. The SMILES string of the molecule is OCCNCN1CCOCC1. The van der Waals surface area contributed by atoms with Crippen LogP contribution in [0.1, 0.15) is 0 Å². The van der Waals surface area contributed by atoms with E-state index in [1.165, 1.54) is 0 Å². The molecule has 0 spiro atoms. The Hall–Kier alpha value is -0.160. The minimum Gasteiger partial charge on any atom is -0.395 e. The molecular weight excluding hydrogens is 144 g/mol. The first-order valence-electron chi connectivity index (χ1n) is 4.05. The van der Waals surface area contributed by atoms with E-state index in [0.29, 0.717) is 6.54 Å². The Morgan fingerprint density at radius 2 is 2.09 bits per heavy atom. The Balaban J connectivity index is 1.96. The lowest BCUT2D eigenvalue weighted by Gasteiger charge is -2.26. The van der Waals surface area contributed by atoms with Crippen LogP contribution in [0.15, 0.2) is 0 Å². The summed E-state index contributed by atoms with van der Waals surface area (Å²) in [5, 5.41) is 11.6. The molecule has 0 amide bonds. The van der Waals surface area contributed by atoms with Gasteiger partial charge in [0.05, 0.1) is 19.8 Å². The number of hydrogen-bond donors (Lipinski definition) is 2. The zero-order chi connectivity index (χ0) is 7.94. The fourth-order valence-electron chi connectivity index (χ4n) is 1.08. The molecule has 2 N–H and O–H groups in total. The highest BCUT2D eigenvalue weighted by Gasteiger charge is 2.08. The second kappa shape index (κ2) is 5.49. The van der Waals surface area contributed by atoms with Crippen LogP contribution in [0.3, 0.4) is 0 Å². The number of nitrogens with one attached hydrogen (secondary N) is 1. The first-order chi connectivity index (χ1) is 5.43. The fourth-order valence-corrected chi connectivity index (χ4v) is 1.08. The van der Waals surface area contributed by atoms with Crippen molar-refractivity contribution in [2.24, 2.45) is 0 Å². The highest BCUT2D eigenvalue weighted by Crippen LogP contribution is 1.93. The predicted molar refractivity (Wildman–Crippen MR) is 42.3 cm³/mol. The van der Waals surface area contributed by atoms with Gasteiger partial charge in [-0.1, -0.05) is 0 Å². The Kier molecular flexibility index (Phi) is 4.45. The maximum atomic E-state index is 8.49. The first-order valence-corrected chi connectivity index (χ1v) is 4.05. The third kappa shape index (κ3) is 3.67. The average molecular weight is 160 g/mol. The lowest BCUT2D eigenvalue weighted by Crippen LogP contribution is -2.42. The second-order valence-corrected chi connectivity index (χ2v) is 2.61. The summed E-state index contributed by atoms with van der Waals surface area (Å²) in [7, 11) is 0.